The topological polar surface area (TPSA) is 64.1 Å². The molecule has 0 unspecified atom stereocenters. The maximum Gasteiger partial charge on any atom is 0.264 e. The Bertz CT molecular complexity index is 1070. The second kappa shape index (κ2) is 9.33. The van der Waals surface area contributed by atoms with Crippen molar-refractivity contribution in [3.8, 4) is 5.75 Å². The van der Waals surface area contributed by atoms with E-state index in [4.69, 9.17) is 4.74 Å². The summed E-state index contributed by atoms with van der Waals surface area (Å²) in [6, 6.07) is 27.9. The number of hydrogen-bond donors (Lipinski definition) is 1. The van der Waals surface area contributed by atoms with Crippen molar-refractivity contribution in [3.63, 3.8) is 0 Å². The summed E-state index contributed by atoms with van der Waals surface area (Å²) in [6.45, 7) is 1.89. The average Bonchev–Trinajstić information content (AvgIpc) is 3.22. The van der Waals surface area contributed by atoms with Crippen LogP contribution in [-0.4, -0.2) is 22.7 Å². The van der Waals surface area contributed by atoms with Gasteiger partial charge in [-0.25, -0.2) is 0 Å². The molecule has 0 radical (unpaired) electrons. The quantitative estimate of drug-likeness (QED) is 0.459. The third-order valence-electron chi connectivity index (χ3n) is 4.56. The number of amides is 1. The van der Waals surface area contributed by atoms with Gasteiger partial charge in [-0.15, -0.1) is 10.2 Å². The van der Waals surface area contributed by atoms with Gasteiger partial charge in [0.05, 0.1) is 5.92 Å². The van der Waals surface area contributed by atoms with Crippen molar-refractivity contribution >= 4 is 22.4 Å². The molecule has 0 aliphatic carbocycles. The van der Waals surface area contributed by atoms with E-state index in [0.29, 0.717) is 10.9 Å². The van der Waals surface area contributed by atoms with Gasteiger partial charge in [0.25, 0.3) is 5.91 Å². The van der Waals surface area contributed by atoms with Crippen LogP contribution in [-0.2, 0) is 4.79 Å². The Morgan fingerprint density at radius 2 is 1.60 bits per heavy atom. The van der Waals surface area contributed by atoms with Gasteiger partial charge in [-0.1, -0.05) is 84.1 Å². The highest BCUT2D eigenvalue weighted by molar-refractivity contribution is 7.15. The molecule has 0 fully saturated rings. The van der Waals surface area contributed by atoms with Crippen LogP contribution in [0.2, 0.25) is 0 Å². The van der Waals surface area contributed by atoms with Crippen molar-refractivity contribution in [2.45, 2.75) is 12.8 Å². The zero-order valence-corrected chi connectivity index (χ0v) is 17.3. The lowest BCUT2D eigenvalue weighted by Gasteiger charge is -2.14. The van der Waals surface area contributed by atoms with Gasteiger partial charge in [-0.3, -0.25) is 10.1 Å². The Morgan fingerprint density at radius 3 is 2.23 bits per heavy atom. The van der Waals surface area contributed by atoms with Gasteiger partial charge >= 0.3 is 0 Å². The van der Waals surface area contributed by atoms with E-state index < -0.39 is 0 Å². The SMILES string of the molecule is Cc1cccc(OCC(=O)Nc2nnc(C(c3ccccc3)c3ccccc3)s2)c1. The van der Waals surface area contributed by atoms with Gasteiger partial charge in [-0.2, -0.15) is 0 Å². The minimum atomic E-state index is -0.268. The first-order valence-corrected chi connectivity index (χ1v) is 10.4. The molecule has 6 heteroatoms. The fraction of sp³-hybridized carbons (Fsp3) is 0.125. The third-order valence-corrected chi connectivity index (χ3v) is 5.46. The number of anilines is 1. The molecule has 0 aliphatic heterocycles. The number of carbonyl (C=O) groups is 1. The van der Waals surface area contributed by atoms with Crippen molar-refractivity contribution in [1.82, 2.24) is 10.2 Å². The van der Waals surface area contributed by atoms with Gasteiger partial charge < -0.3 is 4.74 Å². The fourth-order valence-electron chi connectivity index (χ4n) is 3.18. The molecule has 1 amide bonds. The largest absolute Gasteiger partial charge is 0.484 e. The highest BCUT2D eigenvalue weighted by Crippen LogP contribution is 2.34. The first-order chi connectivity index (χ1) is 14.7. The van der Waals surface area contributed by atoms with Crippen molar-refractivity contribution in [3.05, 3.63) is 107 Å². The lowest BCUT2D eigenvalue weighted by Crippen LogP contribution is -2.20. The molecule has 0 saturated carbocycles. The summed E-state index contributed by atoms with van der Waals surface area (Å²) in [6.07, 6.45) is 0. The summed E-state index contributed by atoms with van der Waals surface area (Å²) in [5.74, 6) is 0.352. The number of rotatable bonds is 7. The first-order valence-electron chi connectivity index (χ1n) is 9.61. The molecular weight excluding hydrogens is 394 g/mol. The molecule has 0 aliphatic rings. The third kappa shape index (κ3) is 4.90. The number of hydrogen-bond acceptors (Lipinski definition) is 5. The van der Waals surface area contributed by atoms with Crippen molar-refractivity contribution in [2.75, 3.05) is 11.9 Å². The molecule has 1 heterocycles. The summed E-state index contributed by atoms with van der Waals surface area (Å²) in [7, 11) is 0. The van der Waals surface area contributed by atoms with E-state index in [0.717, 1.165) is 21.7 Å². The monoisotopic (exact) mass is 415 g/mol. The highest BCUT2D eigenvalue weighted by Gasteiger charge is 2.21. The molecule has 0 saturated heterocycles. The Balaban J connectivity index is 1.48. The summed E-state index contributed by atoms with van der Waals surface area (Å²) in [5, 5.41) is 12.6. The molecule has 1 aromatic heterocycles. The van der Waals surface area contributed by atoms with E-state index in [1.807, 2.05) is 67.6 Å². The number of carbonyl (C=O) groups excluding carboxylic acids is 1. The second-order valence-electron chi connectivity index (χ2n) is 6.85. The Kier molecular flexibility index (Phi) is 6.15. The van der Waals surface area contributed by atoms with E-state index in [2.05, 4.69) is 39.8 Å². The molecule has 3 aromatic carbocycles. The number of benzene rings is 3. The number of aromatic nitrogens is 2. The van der Waals surface area contributed by atoms with Crippen LogP contribution in [0.15, 0.2) is 84.9 Å². The predicted molar refractivity (Wildman–Crippen MR) is 119 cm³/mol. The van der Waals surface area contributed by atoms with Crippen LogP contribution < -0.4 is 10.1 Å². The highest BCUT2D eigenvalue weighted by atomic mass is 32.1. The number of nitrogens with zero attached hydrogens (tertiary/aromatic N) is 2. The molecule has 0 atom stereocenters. The average molecular weight is 416 g/mol. The standard InChI is InChI=1S/C24H21N3O2S/c1-17-9-8-14-20(15-17)29-16-21(28)25-24-27-26-23(30-24)22(18-10-4-2-5-11-18)19-12-6-3-7-13-19/h2-15,22H,16H2,1H3,(H,25,27,28). The first kappa shape index (κ1) is 19.8. The maximum absolute atomic E-state index is 12.3. The summed E-state index contributed by atoms with van der Waals surface area (Å²) in [4.78, 5) is 12.3. The lowest BCUT2D eigenvalue weighted by atomic mass is 9.92. The summed E-state index contributed by atoms with van der Waals surface area (Å²) >= 11 is 1.37. The summed E-state index contributed by atoms with van der Waals surface area (Å²) in [5.41, 5.74) is 3.33. The number of aryl methyl sites for hydroxylation is 1. The fourth-order valence-corrected chi connectivity index (χ4v) is 4.10. The van der Waals surface area contributed by atoms with Crippen LogP contribution in [0.4, 0.5) is 5.13 Å². The molecule has 0 spiro atoms. The van der Waals surface area contributed by atoms with Crippen molar-refractivity contribution < 1.29 is 9.53 Å². The lowest BCUT2D eigenvalue weighted by molar-refractivity contribution is -0.118. The maximum atomic E-state index is 12.3. The summed E-state index contributed by atoms with van der Waals surface area (Å²) < 4.78 is 5.56. The second-order valence-corrected chi connectivity index (χ2v) is 7.86. The molecule has 1 N–H and O–H groups in total. The van der Waals surface area contributed by atoms with Crippen LogP contribution in [0.25, 0.3) is 0 Å². The van der Waals surface area contributed by atoms with Crippen molar-refractivity contribution in [2.24, 2.45) is 0 Å². The number of nitrogens with one attached hydrogen (secondary N) is 1. The van der Waals surface area contributed by atoms with Gasteiger partial charge in [0.2, 0.25) is 5.13 Å². The van der Waals surface area contributed by atoms with E-state index >= 15 is 0 Å². The van der Waals surface area contributed by atoms with Gasteiger partial charge in [0.1, 0.15) is 10.8 Å². The van der Waals surface area contributed by atoms with Crippen LogP contribution in [0.5, 0.6) is 5.75 Å². The van der Waals surface area contributed by atoms with Crippen LogP contribution in [0.1, 0.15) is 27.6 Å². The van der Waals surface area contributed by atoms with Gasteiger partial charge in [-0.05, 0) is 35.7 Å². The Morgan fingerprint density at radius 1 is 0.933 bits per heavy atom. The molecule has 4 rings (SSSR count). The van der Waals surface area contributed by atoms with E-state index in [1.54, 1.807) is 0 Å². The Hall–Kier alpha value is -3.51. The van der Waals surface area contributed by atoms with Gasteiger partial charge in [0.15, 0.2) is 6.61 Å². The molecule has 30 heavy (non-hydrogen) atoms. The zero-order chi connectivity index (χ0) is 20.8. The van der Waals surface area contributed by atoms with Gasteiger partial charge in [0, 0.05) is 0 Å². The van der Waals surface area contributed by atoms with E-state index in [9.17, 15) is 4.79 Å². The smallest absolute Gasteiger partial charge is 0.264 e. The molecule has 150 valence electrons. The molecule has 5 nitrogen and oxygen atoms in total. The molecular formula is C24H21N3O2S. The Labute approximate surface area is 179 Å². The normalized spacial score (nSPS) is 10.7. The van der Waals surface area contributed by atoms with Crippen LogP contribution >= 0.6 is 11.3 Å². The minimum Gasteiger partial charge on any atom is -0.484 e. The predicted octanol–water partition coefficient (Wildman–Crippen LogP) is 5.04. The van der Waals surface area contributed by atoms with Crippen LogP contribution in [0.3, 0.4) is 0 Å². The van der Waals surface area contributed by atoms with E-state index in [1.165, 1.54) is 11.3 Å². The van der Waals surface area contributed by atoms with Crippen molar-refractivity contribution in [1.29, 1.82) is 0 Å². The minimum absolute atomic E-state index is 0.0425. The van der Waals surface area contributed by atoms with E-state index in [-0.39, 0.29) is 18.4 Å². The molecule has 4 aromatic rings. The molecule has 0 bridgehead atoms. The number of ether oxygens (including phenoxy) is 1. The zero-order valence-electron chi connectivity index (χ0n) is 16.5. The van der Waals surface area contributed by atoms with Crippen LogP contribution in [0, 0.1) is 6.92 Å².